The molecule has 0 fully saturated rings. The second kappa shape index (κ2) is 7.62. The van der Waals surface area contributed by atoms with Crippen LogP contribution in [-0.4, -0.2) is 15.2 Å². The van der Waals surface area contributed by atoms with Gasteiger partial charge in [0.2, 0.25) is 0 Å². The summed E-state index contributed by atoms with van der Waals surface area (Å²) in [5.41, 5.74) is 2.83. The van der Waals surface area contributed by atoms with Crippen LogP contribution in [0.1, 0.15) is 22.8 Å². The van der Waals surface area contributed by atoms with Crippen molar-refractivity contribution in [1.82, 2.24) is 4.98 Å². The van der Waals surface area contributed by atoms with E-state index in [1.807, 2.05) is 29.0 Å². The molecule has 0 aliphatic heterocycles. The summed E-state index contributed by atoms with van der Waals surface area (Å²) in [4.78, 5) is 4.05. The number of halogens is 1. The summed E-state index contributed by atoms with van der Waals surface area (Å²) >= 11 is 7.43. The van der Waals surface area contributed by atoms with Gasteiger partial charge in [-0.3, -0.25) is 4.98 Å². The lowest BCUT2D eigenvalue weighted by Crippen LogP contribution is -2.08. The second-order valence-electron chi connectivity index (χ2n) is 5.38. The van der Waals surface area contributed by atoms with Gasteiger partial charge in [-0.05, 0) is 35.2 Å². The molecule has 1 unspecified atom stereocenters. The van der Waals surface area contributed by atoms with E-state index in [0.717, 1.165) is 5.56 Å². The van der Waals surface area contributed by atoms with Crippen LogP contribution >= 0.6 is 22.9 Å². The fraction of sp³-hybridized carbons (Fsp3) is 0.105. The summed E-state index contributed by atoms with van der Waals surface area (Å²) in [6.07, 6.45) is 2.73. The van der Waals surface area contributed by atoms with Crippen molar-refractivity contribution in [3.05, 3.63) is 92.9 Å². The summed E-state index contributed by atoms with van der Waals surface area (Å²) in [6, 6.07) is 12.8. The van der Waals surface area contributed by atoms with E-state index in [0.29, 0.717) is 28.1 Å². The van der Waals surface area contributed by atoms with Gasteiger partial charge in [0.25, 0.3) is 0 Å². The van der Waals surface area contributed by atoms with Gasteiger partial charge in [0.05, 0.1) is 0 Å². The SMILES string of the molecule is O/C(=C(\Cc1ccc(Cl)cc1)C(O)c1cccnc1)c1ccsc1. The maximum atomic E-state index is 10.8. The van der Waals surface area contributed by atoms with Gasteiger partial charge in [-0.1, -0.05) is 29.8 Å². The van der Waals surface area contributed by atoms with Crippen molar-refractivity contribution in [2.75, 3.05) is 0 Å². The molecule has 0 saturated carbocycles. The molecule has 0 spiro atoms. The van der Waals surface area contributed by atoms with E-state index in [1.165, 1.54) is 11.3 Å². The average molecular weight is 358 g/mol. The summed E-state index contributed by atoms with van der Waals surface area (Å²) in [6.45, 7) is 0. The smallest absolute Gasteiger partial charge is 0.126 e. The standard InChI is InChI=1S/C19H16ClNO2S/c20-16-5-3-13(4-6-16)10-17(19(23)15-7-9-24-12-15)18(22)14-2-1-8-21-11-14/h1-9,11-12,18,22-23H,10H2/b19-17+. The maximum Gasteiger partial charge on any atom is 0.126 e. The van der Waals surface area contributed by atoms with Crippen molar-refractivity contribution in [2.24, 2.45) is 0 Å². The van der Waals surface area contributed by atoms with Crippen molar-refractivity contribution < 1.29 is 10.2 Å². The van der Waals surface area contributed by atoms with Gasteiger partial charge in [-0.25, -0.2) is 0 Å². The Morgan fingerprint density at radius 2 is 1.96 bits per heavy atom. The minimum absolute atomic E-state index is 0.0996. The third-order valence-corrected chi connectivity index (χ3v) is 4.67. The zero-order valence-corrected chi connectivity index (χ0v) is 14.3. The van der Waals surface area contributed by atoms with Gasteiger partial charge < -0.3 is 10.2 Å². The van der Waals surface area contributed by atoms with Crippen LogP contribution in [0.4, 0.5) is 0 Å². The molecule has 3 rings (SSSR count). The Kier molecular flexibility index (Phi) is 5.30. The second-order valence-corrected chi connectivity index (χ2v) is 6.59. The van der Waals surface area contributed by atoms with Crippen LogP contribution in [0.3, 0.4) is 0 Å². The number of aromatic nitrogens is 1. The first-order valence-corrected chi connectivity index (χ1v) is 8.74. The number of rotatable bonds is 5. The van der Waals surface area contributed by atoms with Crippen molar-refractivity contribution in [3.63, 3.8) is 0 Å². The number of hydrogen-bond acceptors (Lipinski definition) is 4. The van der Waals surface area contributed by atoms with Crippen LogP contribution in [0.5, 0.6) is 0 Å². The van der Waals surface area contributed by atoms with Gasteiger partial charge in [-0.15, -0.1) is 0 Å². The third-order valence-electron chi connectivity index (χ3n) is 3.74. The number of aliphatic hydroxyl groups is 2. The van der Waals surface area contributed by atoms with Gasteiger partial charge in [-0.2, -0.15) is 11.3 Å². The molecule has 2 N–H and O–H groups in total. The third kappa shape index (κ3) is 3.85. The molecule has 5 heteroatoms. The van der Waals surface area contributed by atoms with Crippen LogP contribution in [-0.2, 0) is 6.42 Å². The van der Waals surface area contributed by atoms with E-state index in [-0.39, 0.29) is 5.76 Å². The quantitative estimate of drug-likeness (QED) is 0.629. The van der Waals surface area contributed by atoms with E-state index >= 15 is 0 Å². The van der Waals surface area contributed by atoms with Crippen LogP contribution < -0.4 is 0 Å². The molecule has 24 heavy (non-hydrogen) atoms. The van der Waals surface area contributed by atoms with E-state index < -0.39 is 6.10 Å². The van der Waals surface area contributed by atoms with Crippen LogP contribution in [0.15, 0.2) is 71.2 Å². The van der Waals surface area contributed by atoms with E-state index in [1.54, 1.807) is 36.7 Å². The fourth-order valence-electron chi connectivity index (χ4n) is 2.46. The molecular formula is C19H16ClNO2S. The van der Waals surface area contributed by atoms with Crippen LogP contribution in [0, 0.1) is 0 Å². The molecule has 2 aromatic heterocycles. The number of nitrogens with zero attached hydrogens (tertiary/aromatic N) is 1. The Hall–Kier alpha value is -2.14. The molecule has 0 aliphatic carbocycles. The van der Waals surface area contributed by atoms with Gasteiger partial charge in [0, 0.05) is 45.9 Å². The van der Waals surface area contributed by atoms with Crippen molar-refractivity contribution >= 4 is 28.7 Å². The molecule has 1 aromatic carbocycles. The molecule has 0 saturated heterocycles. The minimum Gasteiger partial charge on any atom is -0.507 e. The molecule has 0 bridgehead atoms. The number of hydrogen-bond donors (Lipinski definition) is 2. The first-order valence-electron chi connectivity index (χ1n) is 7.42. The van der Waals surface area contributed by atoms with Crippen molar-refractivity contribution in [1.29, 1.82) is 0 Å². The van der Waals surface area contributed by atoms with Crippen LogP contribution in [0.25, 0.3) is 5.76 Å². The average Bonchev–Trinajstić information content (AvgIpc) is 3.15. The van der Waals surface area contributed by atoms with Gasteiger partial charge in [0.15, 0.2) is 0 Å². The molecule has 1 atom stereocenters. The first kappa shape index (κ1) is 16.7. The molecular weight excluding hydrogens is 342 g/mol. The van der Waals surface area contributed by atoms with Gasteiger partial charge in [0.1, 0.15) is 11.9 Å². The monoisotopic (exact) mass is 357 g/mol. The summed E-state index contributed by atoms with van der Waals surface area (Å²) < 4.78 is 0. The zero-order valence-electron chi connectivity index (χ0n) is 12.8. The van der Waals surface area contributed by atoms with E-state index in [9.17, 15) is 10.2 Å². The first-order chi connectivity index (χ1) is 11.6. The number of aliphatic hydroxyl groups excluding tert-OH is 2. The molecule has 2 heterocycles. The highest BCUT2D eigenvalue weighted by molar-refractivity contribution is 7.08. The minimum atomic E-state index is -0.936. The number of pyridine rings is 1. The summed E-state index contributed by atoms with van der Waals surface area (Å²) in [5, 5.41) is 25.9. The highest BCUT2D eigenvalue weighted by Gasteiger charge is 2.20. The predicted octanol–water partition coefficient (Wildman–Crippen LogP) is 5.04. The molecule has 3 aromatic rings. The molecule has 0 radical (unpaired) electrons. The molecule has 3 nitrogen and oxygen atoms in total. The van der Waals surface area contributed by atoms with Gasteiger partial charge >= 0.3 is 0 Å². The topological polar surface area (TPSA) is 53.4 Å². The molecule has 122 valence electrons. The number of benzene rings is 1. The Bertz CT molecular complexity index is 814. The highest BCUT2D eigenvalue weighted by Crippen LogP contribution is 2.31. The molecule has 0 amide bonds. The fourth-order valence-corrected chi connectivity index (χ4v) is 3.22. The summed E-state index contributed by atoms with van der Waals surface area (Å²) in [7, 11) is 0. The largest absolute Gasteiger partial charge is 0.507 e. The summed E-state index contributed by atoms with van der Waals surface area (Å²) in [5.74, 6) is 0.0996. The lowest BCUT2D eigenvalue weighted by atomic mass is 9.94. The predicted molar refractivity (Wildman–Crippen MR) is 98.2 cm³/mol. The lowest BCUT2D eigenvalue weighted by molar-refractivity contribution is 0.210. The van der Waals surface area contributed by atoms with Crippen LogP contribution in [0.2, 0.25) is 5.02 Å². The van der Waals surface area contributed by atoms with E-state index in [2.05, 4.69) is 4.98 Å². The maximum absolute atomic E-state index is 10.8. The Labute approximate surface area is 149 Å². The lowest BCUT2D eigenvalue weighted by Gasteiger charge is -2.17. The molecule has 0 aliphatic rings. The Balaban J connectivity index is 2.01. The van der Waals surface area contributed by atoms with E-state index in [4.69, 9.17) is 11.6 Å². The number of thiophene rings is 1. The Morgan fingerprint density at radius 3 is 2.58 bits per heavy atom. The van der Waals surface area contributed by atoms with Crippen molar-refractivity contribution in [3.8, 4) is 0 Å². The highest BCUT2D eigenvalue weighted by atomic mass is 35.5. The Morgan fingerprint density at radius 1 is 1.17 bits per heavy atom. The zero-order chi connectivity index (χ0) is 16.9. The van der Waals surface area contributed by atoms with Crippen molar-refractivity contribution in [2.45, 2.75) is 12.5 Å². The normalized spacial score (nSPS) is 13.4.